The molecule has 2 N–H and O–H groups in total. The summed E-state index contributed by atoms with van der Waals surface area (Å²) >= 11 is 12.3. The molecule has 0 radical (unpaired) electrons. The second-order valence-electron chi connectivity index (χ2n) is 8.17. The van der Waals surface area contributed by atoms with Gasteiger partial charge in [-0.05, 0) is 54.2 Å². The summed E-state index contributed by atoms with van der Waals surface area (Å²) < 4.78 is 0. The van der Waals surface area contributed by atoms with Gasteiger partial charge in [0.05, 0.1) is 5.02 Å². The number of benzene rings is 1. The van der Waals surface area contributed by atoms with Crippen LogP contribution in [0.2, 0.25) is 10.0 Å². The largest absolute Gasteiger partial charge is 0.350 e. The predicted molar refractivity (Wildman–Crippen MR) is 98.8 cm³/mol. The highest BCUT2D eigenvalue weighted by Crippen LogP contribution is 2.65. The fourth-order valence-corrected chi connectivity index (χ4v) is 5.49. The van der Waals surface area contributed by atoms with Gasteiger partial charge >= 0.3 is 0 Å². The van der Waals surface area contributed by atoms with Gasteiger partial charge in [0.2, 0.25) is 0 Å². The van der Waals surface area contributed by atoms with Gasteiger partial charge in [-0.15, -0.1) is 0 Å². The van der Waals surface area contributed by atoms with Crippen molar-refractivity contribution in [3.63, 3.8) is 0 Å². The predicted octanol–water partition coefficient (Wildman–Crippen LogP) is 5.42. The van der Waals surface area contributed by atoms with Gasteiger partial charge in [0.15, 0.2) is 0 Å². The fourth-order valence-electron chi connectivity index (χ4n) is 4.94. The van der Waals surface area contributed by atoms with Gasteiger partial charge in [-0.25, -0.2) is 0 Å². The van der Waals surface area contributed by atoms with Crippen LogP contribution in [0.1, 0.15) is 50.5 Å². The lowest BCUT2D eigenvalue weighted by molar-refractivity contribution is 0.0822. The van der Waals surface area contributed by atoms with Crippen molar-refractivity contribution in [2.45, 2.75) is 46.1 Å². The molecule has 1 amide bonds. The quantitative estimate of drug-likeness (QED) is 0.733. The van der Waals surface area contributed by atoms with E-state index < -0.39 is 0 Å². The minimum Gasteiger partial charge on any atom is -0.350 e. The maximum atomic E-state index is 12.8. The first kappa shape index (κ1) is 16.3. The third-order valence-corrected chi connectivity index (χ3v) is 7.53. The lowest BCUT2D eigenvalue weighted by atomic mass is 9.69. The summed E-state index contributed by atoms with van der Waals surface area (Å²) in [7, 11) is 0. The van der Waals surface area contributed by atoms with Gasteiger partial charge in [-0.2, -0.15) is 0 Å². The maximum absolute atomic E-state index is 12.8. The molecule has 5 heteroatoms. The molecule has 2 aliphatic carbocycles. The number of nitrogens with one attached hydrogen (secondary N) is 2. The molecule has 128 valence electrons. The number of amides is 1. The Morgan fingerprint density at radius 3 is 2.62 bits per heavy atom. The zero-order valence-corrected chi connectivity index (χ0v) is 15.7. The van der Waals surface area contributed by atoms with E-state index in [4.69, 9.17) is 23.2 Å². The Kier molecular flexibility index (Phi) is 3.50. The van der Waals surface area contributed by atoms with Crippen LogP contribution in [0.3, 0.4) is 0 Å². The van der Waals surface area contributed by atoms with Crippen molar-refractivity contribution in [1.29, 1.82) is 0 Å². The minimum atomic E-state index is -0.0621. The number of fused-ring (bicyclic) bond motifs is 3. The molecule has 0 aliphatic heterocycles. The van der Waals surface area contributed by atoms with Crippen LogP contribution in [0, 0.1) is 16.7 Å². The summed E-state index contributed by atoms with van der Waals surface area (Å²) in [6.07, 6.45) is 3.53. The van der Waals surface area contributed by atoms with Crippen molar-refractivity contribution in [2.24, 2.45) is 16.7 Å². The molecule has 4 rings (SSSR count). The van der Waals surface area contributed by atoms with Gasteiger partial charge in [0.1, 0.15) is 5.69 Å². The third-order valence-electron chi connectivity index (χ3n) is 7.00. The van der Waals surface area contributed by atoms with Gasteiger partial charge in [-0.1, -0.05) is 44.0 Å². The highest BCUT2D eigenvalue weighted by Gasteiger charge is 2.61. The van der Waals surface area contributed by atoms with Crippen LogP contribution < -0.4 is 5.32 Å². The first-order valence-electron chi connectivity index (χ1n) is 8.51. The van der Waals surface area contributed by atoms with E-state index >= 15 is 0 Å². The standard InChI is InChI=1S/C19H22Cl2N2O/c1-18(2)10-4-5-19(18,3)16(6-10)23-17(24)15-9-12-13(21)7-11(20)8-14(12)22-15/h7-10,16,22H,4-6H2,1-3H3,(H,23,24). The monoisotopic (exact) mass is 364 g/mol. The number of aromatic amines is 1. The van der Waals surface area contributed by atoms with Crippen LogP contribution in [0.15, 0.2) is 18.2 Å². The second kappa shape index (κ2) is 5.15. The van der Waals surface area contributed by atoms with E-state index in [9.17, 15) is 4.79 Å². The van der Waals surface area contributed by atoms with Crippen molar-refractivity contribution in [3.8, 4) is 0 Å². The maximum Gasteiger partial charge on any atom is 0.267 e. The van der Waals surface area contributed by atoms with E-state index in [-0.39, 0.29) is 22.8 Å². The number of carbonyl (C=O) groups is 1. The zero-order chi connectivity index (χ0) is 17.3. The van der Waals surface area contributed by atoms with Gasteiger partial charge in [0.25, 0.3) is 5.91 Å². The summed E-state index contributed by atoms with van der Waals surface area (Å²) in [6, 6.07) is 5.52. The summed E-state index contributed by atoms with van der Waals surface area (Å²) in [5, 5.41) is 5.21. The molecule has 1 aromatic carbocycles. The van der Waals surface area contributed by atoms with E-state index in [0.717, 1.165) is 17.3 Å². The second-order valence-corrected chi connectivity index (χ2v) is 9.01. The van der Waals surface area contributed by atoms with E-state index in [1.165, 1.54) is 12.8 Å². The van der Waals surface area contributed by atoms with Gasteiger partial charge in [0, 0.05) is 22.0 Å². The van der Waals surface area contributed by atoms with Crippen molar-refractivity contribution >= 4 is 40.0 Å². The summed E-state index contributed by atoms with van der Waals surface area (Å²) in [6.45, 7) is 7.02. The van der Waals surface area contributed by atoms with Gasteiger partial charge in [-0.3, -0.25) is 4.79 Å². The first-order valence-corrected chi connectivity index (χ1v) is 9.26. The molecular weight excluding hydrogens is 343 g/mol. The van der Waals surface area contributed by atoms with Crippen molar-refractivity contribution in [3.05, 3.63) is 33.9 Å². The lowest BCUT2D eigenvalue weighted by Gasteiger charge is -2.39. The number of aromatic nitrogens is 1. The number of carbonyl (C=O) groups excluding carboxylic acids is 1. The molecule has 2 aromatic rings. The molecule has 2 bridgehead atoms. The summed E-state index contributed by atoms with van der Waals surface area (Å²) in [4.78, 5) is 15.9. The normalized spacial score (nSPS) is 30.9. The number of hydrogen-bond donors (Lipinski definition) is 2. The van der Waals surface area contributed by atoms with Crippen LogP contribution in [0.5, 0.6) is 0 Å². The molecule has 0 saturated heterocycles. The van der Waals surface area contributed by atoms with E-state index in [2.05, 4.69) is 31.1 Å². The van der Waals surface area contributed by atoms with E-state index in [1.54, 1.807) is 12.1 Å². The molecule has 0 spiro atoms. The van der Waals surface area contributed by atoms with Crippen LogP contribution in [-0.4, -0.2) is 16.9 Å². The van der Waals surface area contributed by atoms with Crippen LogP contribution in [0.4, 0.5) is 0 Å². The molecule has 3 unspecified atom stereocenters. The van der Waals surface area contributed by atoms with Crippen LogP contribution in [0.25, 0.3) is 10.9 Å². The average Bonchev–Trinajstić information content (AvgIpc) is 3.07. The van der Waals surface area contributed by atoms with Crippen molar-refractivity contribution in [1.82, 2.24) is 10.3 Å². The molecular formula is C19H22Cl2N2O. The smallest absolute Gasteiger partial charge is 0.267 e. The lowest BCUT2D eigenvalue weighted by Crippen LogP contribution is -2.46. The zero-order valence-electron chi connectivity index (χ0n) is 14.2. The Bertz CT molecular complexity index is 841. The Balaban J connectivity index is 1.61. The Hall–Kier alpha value is -1.19. The SMILES string of the molecule is CC1(C)C2CCC1(C)C(NC(=O)c1cc3c(Cl)cc(Cl)cc3[nH]1)C2. The van der Waals surface area contributed by atoms with Crippen molar-refractivity contribution < 1.29 is 4.79 Å². The minimum absolute atomic E-state index is 0.0621. The molecule has 2 fully saturated rings. The molecule has 1 heterocycles. The number of hydrogen-bond acceptors (Lipinski definition) is 1. The highest BCUT2D eigenvalue weighted by molar-refractivity contribution is 6.38. The topological polar surface area (TPSA) is 44.9 Å². The number of H-pyrrole nitrogens is 1. The molecule has 3 nitrogen and oxygen atoms in total. The van der Waals surface area contributed by atoms with E-state index in [1.807, 2.05) is 6.07 Å². The number of halogens is 2. The third kappa shape index (κ3) is 2.14. The Morgan fingerprint density at radius 2 is 2.00 bits per heavy atom. The Morgan fingerprint density at radius 1 is 1.25 bits per heavy atom. The molecule has 24 heavy (non-hydrogen) atoms. The van der Waals surface area contributed by atoms with Crippen LogP contribution >= 0.6 is 23.2 Å². The highest BCUT2D eigenvalue weighted by atomic mass is 35.5. The fraction of sp³-hybridized carbons (Fsp3) is 0.526. The molecule has 1 aromatic heterocycles. The molecule has 2 saturated carbocycles. The van der Waals surface area contributed by atoms with Crippen molar-refractivity contribution in [2.75, 3.05) is 0 Å². The first-order chi connectivity index (χ1) is 11.2. The number of rotatable bonds is 2. The van der Waals surface area contributed by atoms with Crippen LogP contribution in [-0.2, 0) is 0 Å². The molecule has 2 aliphatic rings. The summed E-state index contributed by atoms with van der Waals surface area (Å²) in [5.41, 5.74) is 1.78. The Labute approximate surface area is 152 Å². The van der Waals surface area contributed by atoms with Gasteiger partial charge < -0.3 is 10.3 Å². The average molecular weight is 365 g/mol. The van der Waals surface area contributed by atoms with E-state index in [0.29, 0.717) is 21.7 Å². The summed E-state index contributed by atoms with van der Waals surface area (Å²) in [5.74, 6) is 0.636. The molecule has 3 atom stereocenters.